The van der Waals surface area contributed by atoms with Crippen molar-refractivity contribution >= 4 is 0 Å². The van der Waals surface area contributed by atoms with Crippen LogP contribution in [0.5, 0.6) is 0 Å². The van der Waals surface area contributed by atoms with Crippen molar-refractivity contribution in [2.75, 3.05) is 0 Å². The van der Waals surface area contributed by atoms with Crippen LogP contribution in [-0.2, 0) is 5.41 Å². The molecular formula is C23H24. The van der Waals surface area contributed by atoms with Crippen LogP contribution in [0, 0.1) is 6.92 Å². The van der Waals surface area contributed by atoms with Crippen LogP contribution in [0.4, 0.5) is 0 Å². The highest BCUT2D eigenvalue weighted by molar-refractivity contribution is 5.83. The van der Waals surface area contributed by atoms with E-state index in [0.717, 1.165) is 6.42 Å². The first-order valence-electron chi connectivity index (χ1n) is 8.57. The molecule has 2 aliphatic rings. The number of hydrogen-bond acceptors (Lipinski definition) is 0. The summed E-state index contributed by atoms with van der Waals surface area (Å²) in [7, 11) is 0. The molecule has 0 nitrogen and oxygen atoms in total. The van der Waals surface area contributed by atoms with Gasteiger partial charge in [-0.2, -0.15) is 0 Å². The van der Waals surface area contributed by atoms with Crippen LogP contribution in [0.2, 0.25) is 0 Å². The van der Waals surface area contributed by atoms with Gasteiger partial charge in [0.1, 0.15) is 0 Å². The Balaban J connectivity index is 1.97. The molecule has 1 atom stereocenters. The standard InChI is InChI=1S/C23H24/c1-15-8-7-11-19-21(15)20-14-17(23(2,3)4)12-13-18(20)22(19)16-9-5-6-10-16/h5-9,11-14,22H,10H2,1-4H3. The molecule has 2 aliphatic carbocycles. The summed E-state index contributed by atoms with van der Waals surface area (Å²) in [5, 5.41) is 0. The molecule has 0 spiro atoms. The fourth-order valence-corrected chi connectivity index (χ4v) is 4.03. The molecule has 1 unspecified atom stereocenters. The molecule has 0 aliphatic heterocycles. The summed E-state index contributed by atoms with van der Waals surface area (Å²) in [6.45, 7) is 9.13. The van der Waals surface area contributed by atoms with E-state index in [1.807, 2.05) is 0 Å². The lowest BCUT2D eigenvalue weighted by atomic mass is 9.83. The summed E-state index contributed by atoms with van der Waals surface area (Å²) in [4.78, 5) is 0. The van der Waals surface area contributed by atoms with Gasteiger partial charge < -0.3 is 0 Å². The lowest BCUT2D eigenvalue weighted by Crippen LogP contribution is -2.11. The Kier molecular flexibility index (Phi) is 3.13. The van der Waals surface area contributed by atoms with Crippen LogP contribution in [0.25, 0.3) is 11.1 Å². The maximum absolute atomic E-state index is 2.43. The maximum atomic E-state index is 2.43. The number of aryl methyl sites for hydroxylation is 1. The number of fused-ring (bicyclic) bond motifs is 3. The zero-order valence-corrected chi connectivity index (χ0v) is 14.5. The van der Waals surface area contributed by atoms with E-state index in [1.54, 1.807) is 0 Å². The normalized spacial score (nSPS) is 18.8. The van der Waals surface area contributed by atoms with Gasteiger partial charge in [0.05, 0.1) is 0 Å². The Morgan fingerprint density at radius 1 is 1.00 bits per heavy atom. The molecule has 0 saturated heterocycles. The Morgan fingerprint density at radius 2 is 1.83 bits per heavy atom. The average molecular weight is 300 g/mol. The zero-order chi connectivity index (χ0) is 16.2. The third-order valence-corrected chi connectivity index (χ3v) is 5.29. The van der Waals surface area contributed by atoms with Crippen molar-refractivity contribution in [2.24, 2.45) is 0 Å². The zero-order valence-electron chi connectivity index (χ0n) is 14.5. The Bertz CT molecular complexity index is 841. The van der Waals surface area contributed by atoms with E-state index >= 15 is 0 Å². The second-order valence-electron chi connectivity index (χ2n) is 7.90. The minimum absolute atomic E-state index is 0.185. The van der Waals surface area contributed by atoms with Gasteiger partial charge in [0.15, 0.2) is 0 Å². The number of allylic oxidation sites excluding steroid dienone is 4. The Morgan fingerprint density at radius 3 is 2.52 bits per heavy atom. The second-order valence-corrected chi connectivity index (χ2v) is 7.90. The molecule has 116 valence electrons. The van der Waals surface area contributed by atoms with E-state index in [9.17, 15) is 0 Å². The molecule has 23 heavy (non-hydrogen) atoms. The molecule has 0 bridgehead atoms. The predicted molar refractivity (Wildman–Crippen MR) is 99.0 cm³/mol. The lowest BCUT2D eigenvalue weighted by molar-refractivity contribution is 0.590. The first-order chi connectivity index (χ1) is 11.0. The van der Waals surface area contributed by atoms with E-state index in [0.29, 0.717) is 5.92 Å². The van der Waals surface area contributed by atoms with Crippen LogP contribution in [0.3, 0.4) is 0 Å². The van der Waals surface area contributed by atoms with Crippen molar-refractivity contribution in [3.8, 4) is 11.1 Å². The van der Waals surface area contributed by atoms with Crippen molar-refractivity contribution in [1.82, 2.24) is 0 Å². The summed E-state index contributed by atoms with van der Waals surface area (Å²) in [6.07, 6.45) is 7.86. The lowest BCUT2D eigenvalue weighted by Gasteiger charge is -2.21. The highest BCUT2D eigenvalue weighted by Crippen LogP contribution is 2.51. The van der Waals surface area contributed by atoms with Gasteiger partial charge in [-0.1, -0.05) is 81.0 Å². The average Bonchev–Trinajstić information content (AvgIpc) is 3.10. The molecule has 0 N–H and O–H groups in total. The van der Waals surface area contributed by atoms with Crippen molar-refractivity contribution < 1.29 is 0 Å². The van der Waals surface area contributed by atoms with Gasteiger partial charge in [-0.15, -0.1) is 0 Å². The van der Waals surface area contributed by atoms with Crippen LogP contribution in [0.15, 0.2) is 60.2 Å². The first-order valence-corrected chi connectivity index (χ1v) is 8.57. The van der Waals surface area contributed by atoms with E-state index in [1.165, 1.54) is 39.0 Å². The molecule has 0 fully saturated rings. The van der Waals surface area contributed by atoms with Crippen LogP contribution in [0.1, 0.15) is 55.4 Å². The predicted octanol–water partition coefficient (Wildman–Crippen LogP) is 6.29. The monoisotopic (exact) mass is 300 g/mol. The van der Waals surface area contributed by atoms with Gasteiger partial charge in [-0.25, -0.2) is 0 Å². The summed E-state index contributed by atoms with van der Waals surface area (Å²) >= 11 is 0. The van der Waals surface area contributed by atoms with Crippen molar-refractivity contribution in [2.45, 2.75) is 45.4 Å². The molecule has 0 amide bonds. The second kappa shape index (κ2) is 4.96. The van der Waals surface area contributed by atoms with Crippen LogP contribution in [-0.4, -0.2) is 0 Å². The third kappa shape index (κ3) is 2.20. The Hall–Kier alpha value is -2.08. The van der Waals surface area contributed by atoms with Gasteiger partial charge in [0.2, 0.25) is 0 Å². The van der Waals surface area contributed by atoms with Gasteiger partial charge in [-0.3, -0.25) is 0 Å². The molecule has 0 heteroatoms. The third-order valence-electron chi connectivity index (χ3n) is 5.29. The van der Waals surface area contributed by atoms with Crippen LogP contribution >= 0.6 is 0 Å². The topological polar surface area (TPSA) is 0 Å². The van der Waals surface area contributed by atoms with Crippen LogP contribution < -0.4 is 0 Å². The molecular weight excluding hydrogens is 276 g/mol. The van der Waals surface area contributed by atoms with Gasteiger partial charge >= 0.3 is 0 Å². The van der Waals surface area contributed by atoms with Crippen molar-refractivity contribution in [3.63, 3.8) is 0 Å². The minimum atomic E-state index is 0.185. The minimum Gasteiger partial charge on any atom is -0.0804 e. The molecule has 0 saturated carbocycles. The maximum Gasteiger partial charge on any atom is 0.0317 e. The summed E-state index contributed by atoms with van der Waals surface area (Å²) in [5.74, 6) is 0.434. The van der Waals surface area contributed by atoms with E-state index < -0.39 is 0 Å². The van der Waals surface area contributed by atoms with Crippen molar-refractivity contribution in [1.29, 1.82) is 0 Å². The number of rotatable bonds is 1. The number of hydrogen-bond donors (Lipinski definition) is 0. The highest BCUT2D eigenvalue weighted by Gasteiger charge is 2.33. The highest BCUT2D eigenvalue weighted by atomic mass is 14.4. The first kappa shape index (κ1) is 14.5. The molecule has 0 radical (unpaired) electrons. The van der Waals surface area contributed by atoms with Crippen molar-refractivity contribution in [3.05, 3.63) is 82.5 Å². The summed E-state index contributed by atoms with van der Waals surface area (Å²) < 4.78 is 0. The van der Waals surface area contributed by atoms with Gasteiger partial charge in [0.25, 0.3) is 0 Å². The molecule has 0 heterocycles. The summed E-state index contributed by atoms with van der Waals surface area (Å²) in [5.41, 5.74) is 10.4. The van der Waals surface area contributed by atoms with E-state index in [4.69, 9.17) is 0 Å². The molecule has 0 aromatic heterocycles. The fraction of sp³-hybridized carbons (Fsp3) is 0.304. The van der Waals surface area contributed by atoms with Gasteiger partial charge in [0, 0.05) is 5.92 Å². The van der Waals surface area contributed by atoms with E-state index in [2.05, 4.69) is 82.3 Å². The fourth-order valence-electron chi connectivity index (χ4n) is 4.03. The molecule has 2 aromatic rings. The number of benzene rings is 2. The molecule has 4 rings (SSSR count). The van der Waals surface area contributed by atoms with E-state index in [-0.39, 0.29) is 5.41 Å². The largest absolute Gasteiger partial charge is 0.0804 e. The smallest absolute Gasteiger partial charge is 0.0317 e. The molecule has 2 aromatic carbocycles. The SMILES string of the molecule is Cc1cccc2c1-c1cc(C(C)(C)C)ccc1C2C1=CC=CC1. The van der Waals surface area contributed by atoms with Gasteiger partial charge in [-0.05, 0) is 52.1 Å². The Labute approximate surface area is 139 Å². The quantitative estimate of drug-likeness (QED) is 0.580. The summed E-state index contributed by atoms with van der Waals surface area (Å²) in [6, 6.07) is 13.9.